The summed E-state index contributed by atoms with van der Waals surface area (Å²) < 4.78 is 5.04. The number of hydrogen-bond acceptors (Lipinski definition) is 4. The predicted molar refractivity (Wildman–Crippen MR) is 87.1 cm³/mol. The van der Waals surface area contributed by atoms with E-state index in [2.05, 4.69) is 16.7 Å². The average Bonchev–Trinajstić information content (AvgIpc) is 2.52. The molecule has 1 heterocycles. The fraction of sp³-hybridized carbons (Fsp3) is 0.938. The standard InChI is InChI=1S/C12H24N2O2.2C2H6/c1-4-6-13-7-9-14(10-8-13)11(3)12(15)16-5-2;2*1-2/h11H,4-10H2,1-3H3;2*1-2H3. The first-order chi connectivity index (χ1) is 9.69. The monoisotopic (exact) mass is 288 g/mol. The lowest BCUT2D eigenvalue weighted by molar-refractivity contribution is -0.149. The van der Waals surface area contributed by atoms with Gasteiger partial charge < -0.3 is 9.64 Å². The van der Waals surface area contributed by atoms with E-state index in [1.54, 1.807) is 0 Å². The van der Waals surface area contributed by atoms with Crippen LogP contribution in [0.15, 0.2) is 0 Å². The van der Waals surface area contributed by atoms with Crippen molar-refractivity contribution >= 4 is 5.97 Å². The maximum Gasteiger partial charge on any atom is 0.323 e. The molecule has 0 radical (unpaired) electrons. The van der Waals surface area contributed by atoms with Crippen LogP contribution < -0.4 is 0 Å². The quantitative estimate of drug-likeness (QED) is 0.728. The zero-order valence-corrected chi connectivity index (χ0v) is 14.7. The summed E-state index contributed by atoms with van der Waals surface area (Å²) in [6.07, 6.45) is 1.20. The van der Waals surface area contributed by atoms with E-state index >= 15 is 0 Å². The Morgan fingerprint density at radius 3 is 1.95 bits per heavy atom. The van der Waals surface area contributed by atoms with Gasteiger partial charge in [0.05, 0.1) is 6.61 Å². The number of ether oxygens (including phenoxy) is 1. The van der Waals surface area contributed by atoms with Gasteiger partial charge in [0.1, 0.15) is 6.04 Å². The molecule has 0 aromatic heterocycles. The van der Waals surface area contributed by atoms with Gasteiger partial charge in [0.2, 0.25) is 0 Å². The highest BCUT2D eigenvalue weighted by atomic mass is 16.5. The van der Waals surface area contributed by atoms with E-state index in [4.69, 9.17) is 4.74 Å². The maximum atomic E-state index is 11.6. The van der Waals surface area contributed by atoms with E-state index < -0.39 is 0 Å². The lowest BCUT2D eigenvalue weighted by Crippen LogP contribution is -2.52. The first kappa shape index (κ1) is 21.7. The molecule has 0 amide bonds. The molecule has 0 saturated carbocycles. The third-order valence-corrected chi connectivity index (χ3v) is 3.12. The molecule has 0 spiro atoms. The molecule has 1 unspecified atom stereocenters. The van der Waals surface area contributed by atoms with Crippen molar-refractivity contribution < 1.29 is 9.53 Å². The van der Waals surface area contributed by atoms with Crippen LogP contribution in [-0.2, 0) is 9.53 Å². The minimum atomic E-state index is -0.0938. The van der Waals surface area contributed by atoms with Gasteiger partial charge in [-0.15, -0.1) is 0 Å². The van der Waals surface area contributed by atoms with Crippen molar-refractivity contribution in [3.05, 3.63) is 0 Å². The van der Waals surface area contributed by atoms with Crippen molar-refractivity contribution in [1.29, 1.82) is 0 Å². The Morgan fingerprint density at radius 1 is 1.05 bits per heavy atom. The molecule has 1 aliphatic heterocycles. The predicted octanol–water partition coefficient (Wildman–Crippen LogP) is 3.02. The molecule has 1 fully saturated rings. The van der Waals surface area contributed by atoms with E-state index in [1.807, 2.05) is 41.5 Å². The van der Waals surface area contributed by atoms with Gasteiger partial charge in [-0.25, -0.2) is 0 Å². The van der Waals surface area contributed by atoms with Crippen molar-refractivity contribution in [3.63, 3.8) is 0 Å². The number of nitrogens with zero attached hydrogens (tertiary/aromatic N) is 2. The molecule has 1 atom stereocenters. The first-order valence-corrected chi connectivity index (χ1v) is 8.32. The van der Waals surface area contributed by atoms with Crippen molar-refractivity contribution in [3.8, 4) is 0 Å². The molecule has 0 N–H and O–H groups in total. The second-order valence-corrected chi connectivity index (χ2v) is 4.31. The summed E-state index contributed by atoms with van der Waals surface area (Å²) >= 11 is 0. The largest absolute Gasteiger partial charge is 0.465 e. The molecule has 0 bridgehead atoms. The van der Waals surface area contributed by atoms with Gasteiger partial charge in [-0.05, 0) is 26.8 Å². The number of rotatable bonds is 5. The lowest BCUT2D eigenvalue weighted by Gasteiger charge is -2.36. The fourth-order valence-corrected chi connectivity index (χ4v) is 2.10. The Kier molecular flexibility index (Phi) is 16.0. The Bertz CT molecular complexity index is 215. The van der Waals surface area contributed by atoms with Crippen LogP contribution in [0.3, 0.4) is 0 Å². The summed E-state index contributed by atoms with van der Waals surface area (Å²) in [5.74, 6) is -0.0913. The third kappa shape index (κ3) is 8.54. The van der Waals surface area contributed by atoms with Crippen molar-refractivity contribution in [2.24, 2.45) is 0 Å². The smallest absolute Gasteiger partial charge is 0.323 e. The second-order valence-electron chi connectivity index (χ2n) is 4.31. The van der Waals surface area contributed by atoms with E-state index in [0.29, 0.717) is 6.61 Å². The van der Waals surface area contributed by atoms with Crippen molar-refractivity contribution in [2.45, 2.75) is 60.9 Å². The number of carbonyl (C=O) groups excluding carboxylic acids is 1. The number of carbonyl (C=O) groups is 1. The normalized spacial score (nSPS) is 17.1. The Labute approximate surface area is 126 Å². The minimum Gasteiger partial charge on any atom is -0.465 e. The second kappa shape index (κ2) is 14.8. The number of esters is 1. The van der Waals surface area contributed by atoms with Crippen LogP contribution in [0, 0.1) is 0 Å². The van der Waals surface area contributed by atoms with E-state index in [1.165, 1.54) is 13.0 Å². The van der Waals surface area contributed by atoms with E-state index in [-0.39, 0.29) is 12.0 Å². The van der Waals surface area contributed by atoms with E-state index in [0.717, 1.165) is 26.2 Å². The molecular formula is C16H36N2O2. The van der Waals surface area contributed by atoms with Crippen LogP contribution in [0.4, 0.5) is 0 Å². The molecule has 0 aromatic rings. The molecule has 20 heavy (non-hydrogen) atoms. The lowest BCUT2D eigenvalue weighted by atomic mass is 10.2. The van der Waals surface area contributed by atoms with Gasteiger partial charge in [0, 0.05) is 26.2 Å². The molecule has 4 nitrogen and oxygen atoms in total. The van der Waals surface area contributed by atoms with E-state index in [9.17, 15) is 4.79 Å². The van der Waals surface area contributed by atoms with Gasteiger partial charge in [0.15, 0.2) is 0 Å². The summed E-state index contributed by atoms with van der Waals surface area (Å²) in [5.41, 5.74) is 0. The minimum absolute atomic E-state index is 0.0913. The Hall–Kier alpha value is -0.610. The van der Waals surface area contributed by atoms with Crippen LogP contribution in [0.2, 0.25) is 0 Å². The highest BCUT2D eigenvalue weighted by Gasteiger charge is 2.25. The van der Waals surface area contributed by atoms with Crippen LogP contribution in [0.25, 0.3) is 0 Å². The molecule has 1 rings (SSSR count). The van der Waals surface area contributed by atoms with Gasteiger partial charge >= 0.3 is 5.97 Å². The number of piperazine rings is 1. The molecule has 0 aromatic carbocycles. The summed E-state index contributed by atoms with van der Waals surface area (Å²) in [6.45, 7) is 19.7. The molecular weight excluding hydrogens is 252 g/mol. The topological polar surface area (TPSA) is 32.8 Å². The van der Waals surface area contributed by atoms with Crippen LogP contribution >= 0.6 is 0 Å². The van der Waals surface area contributed by atoms with Crippen LogP contribution in [-0.4, -0.2) is 61.1 Å². The molecule has 122 valence electrons. The van der Waals surface area contributed by atoms with Gasteiger partial charge in [-0.2, -0.15) is 0 Å². The SMILES string of the molecule is CC.CC.CCCN1CCN(C(C)C(=O)OCC)CC1. The zero-order chi connectivity index (χ0) is 16.0. The molecule has 1 saturated heterocycles. The van der Waals surface area contributed by atoms with Gasteiger partial charge in [-0.3, -0.25) is 9.69 Å². The zero-order valence-electron chi connectivity index (χ0n) is 14.7. The highest BCUT2D eigenvalue weighted by Crippen LogP contribution is 2.08. The summed E-state index contributed by atoms with van der Waals surface area (Å²) in [6, 6.07) is -0.0938. The first-order valence-electron chi connectivity index (χ1n) is 8.32. The Balaban J connectivity index is 0. The molecule has 0 aliphatic carbocycles. The van der Waals surface area contributed by atoms with Crippen LogP contribution in [0.5, 0.6) is 0 Å². The summed E-state index contributed by atoms with van der Waals surface area (Å²) in [4.78, 5) is 16.2. The fourth-order valence-electron chi connectivity index (χ4n) is 2.10. The van der Waals surface area contributed by atoms with Gasteiger partial charge in [0.25, 0.3) is 0 Å². The third-order valence-electron chi connectivity index (χ3n) is 3.12. The molecule has 4 heteroatoms. The molecule has 1 aliphatic rings. The Morgan fingerprint density at radius 2 is 1.55 bits per heavy atom. The van der Waals surface area contributed by atoms with Crippen molar-refractivity contribution in [1.82, 2.24) is 9.80 Å². The summed E-state index contributed by atoms with van der Waals surface area (Å²) in [5, 5.41) is 0. The average molecular weight is 288 g/mol. The highest BCUT2D eigenvalue weighted by molar-refractivity contribution is 5.75. The summed E-state index contributed by atoms with van der Waals surface area (Å²) in [7, 11) is 0. The number of hydrogen-bond donors (Lipinski definition) is 0. The van der Waals surface area contributed by atoms with Crippen molar-refractivity contribution in [2.75, 3.05) is 39.3 Å². The maximum absolute atomic E-state index is 11.6. The van der Waals surface area contributed by atoms with Crippen LogP contribution in [0.1, 0.15) is 54.9 Å². The van der Waals surface area contributed by atoms with Gasteiger partial charge in [-0.1, -0.05) is 34.6 Å².